The molecule has 0 N–H and O–H groups in total. The number of aromatic nitrogens is 6. The van der Waals surface area contributed by atoms with Crippen LogP contribution in [-0.4, -0.2) is 29.6 Å². The summed E-state index contributed by atoms with van der Waals surface area (Å²) in [6.45, 7) is 3.93. The van der Waals surface area contributed by atoms with Crippen LogP contribution in [0.5, 0.6) is 5.75 Å². The molecule has 1 aromatic carbocycles. The van der Waals surface area contributed by atoms with E-state index >= 15 is 0 Å². The first-order chi connectivity index (χ1) is 13.9. The maximum atomic E-state index is 12.2. The molecule has 9 heteroatoms. The molecule has 0 saturated carbocycles. The van der Waals surface area contributed by atoms with Gasteiger partial charge in [0.15, 0.2) is 0 Å². The minimum absolute atomic E-state index is 0.312. The maximum Gasteiger partial charge on any atom is 0.364 e. The molecule has 1 aliphatic rings. The Morgan fingerprint density at radius 1 is 1.17 bits per heavy atom. The van der Waals surface area contributed by atoms with Gasteiger partial charge in [0.1, 0.15) is 11.8 Å². The molecule has 29 heavy (non-hydrogen) atoms. The molecular formula is C20H19ClN6O2. The normalized spacial score (nSPS) is 17.2. The van der Waals surface area contributed by atoms with Gasteiger partial charge in [0.2, 0.25) is 0 Å². The van der Waals surface area contributed by atoms with Crippen LogP contribution in [0.4, 0.5) is 0 Å². The molecule has 1 aliphatic carbocycles. The van der Waals surface area contributed by atoms with Crippen molar-refractivity contribution >= 4 is 11.6 Å². The number of tetrazole rings is 1. The van der Waals surface area contributed by atoms with E-state index in [4.69, 9.17) is 16.3 Å². The standard InChI is InChI=1S/C20H19ClN6O2/c1-13-10-14(2)26(22-13)16-8-9-19(17(21)11-16)29-12-15-6-4-5-7-18(15)27-20(28)25(3)23-24-27/h4-12,18H,1-3H3. The smallest absolute Gasteiger partial charge is 0.364 e. The number of benzene rings is 1. The summed E-state index contributed by atoms with van der Waals surface area (Å²) in [7, 11) is 1.55. The second-order valence-electron chi connectivity index (χ2n) is 6.71. The van der Waals surface area contributed by atoms with Crippen molar-refractivity contribution in [3.8, 4) is 11.4 Å². The summed E-state index contributed by atoms with van der Waals surface area (Å²) in [6.07, 6.45) is 8.97. The number of rotatable bonds is 4. The molecule has 0 saturated heterocycles. The number of nitrogens with zero attached hydrogens (tertiary/aromatic N) is 6. The van der Waals surface area contributed by atoms with E-state index in [0.29, 0.717) is 10.8 Å². The van der Waals surface area contributed by atoms with Crippen molar-refractivity contribution in [2.45, 2.75) is 19.9 Å². The lowest BCUT2D eigenvalue weighted by Crippen LogP contribution is -2.27. The molecule has 4 rings (SSSR count). The van der Waals surface area contributed by atoms with Crippen molar-refractivity contribution in [3.63, 3.8) is 0 Å². The highest BCUT2D eigenvalue weighted by atomic mass is 35.5. The fraction of sp³-hybridized carbons (Fsp3) is 0.200. The van der Waals surface area contributed by atoms with Gasteiger partial charge in [-0.1, -0.05) is 35.9 Å². The minimum Gasteiger partial charge on any atom is -0.463 e. The molecule has 3 aromatic rings. The van der Waals surface area contributed by atoms with Crippen molar-refractivity contribution in [3.05, 3.63) is 87.3 Å². The number of halogens is 1. The van der Waals surface area contributed by atoms with Crippen LogP contribution in [0.1, 0.15) is 17.4 Å². The highest BCUT2D eigenvalue weighted by Crippen LogP contribution is 2.29. The Labute approximate surface area is 171 Å². The van der Waals surface area contributed by atoms with E-state index in [2.05, 4.69) is 15.5 Å². The number of allylic oxidation sites excluding steroid dienone is 5. The SMILES string of the molecule is Cc1cc(C)n(-c2ccc(OC=C3C=CC=CC3n3nnn(C)c3=O)c(Cl)c2)n1. The first-order valence-corrected chi connectivity index (χ1v) is 9.35. The molecule has 0 aliphatic heterocycles. The molecule has 0 radical (unpaired) electrons. The molecule has 2 heterocycles. The fourth-order valence-corrected chi connectivity index (χ4v) is 3.34. The summed E-state index contributed by atoms with van der Waals surface area (Å²) in [4.78, 5) is 12.2. The van der Waals surface area contributed by atoms with Crippen molar-refractivity contribution in [1.82, 2.24) is 29.6 Å². The number of hydrogen-bond acceptors (Lipinski definition) is 5. The highest BCUT2D eigenvalue weighted by Gasteiger charge is 2.19. The fourth-order valence-electron chi connectivity index (χ4n) is 3.12. The third-order valence-corrected chi connectivity index (χ3v) is 4.83. The van der Waals surface area contributed by atoms with Gasteiger partial charge in [-0.05, 0) is 48.5 Å². The Kier molecular flexibility index (Phi) is 4.94. The van der Waals surface area contributed by atoms with E-state index in [9.17, 15) is 4.79 Å². The minimum atomic E-state index is -0.408. The highest BCUT2D eigenvalue weighted by molar-refractivity contribution is 6.32. The average molecular weight is 411 g/mol. The Bertz CT molecular complexity index is 1210. The van der Waals surface area contributed by atoms with Gasteiger partial charge in [-0.2, -0.15) is 14.5 Å². The molecule has 0 bridgehead atoms. The van der Waals surface area contributed by atoms with E-state index in [-0.39, 0.29) is 5.69 Å². The van der Waals surface area contributed by atoms with Gasteiger partial charge in [0, 0.05) is 18.3 Å². The van der Waals surface area contributed by atoms with E-state index in [0.717, 1.165) is 22.6 Å². The number of ether oxygens (including phenoxy) is 1. The Balaban J connectivity index is 1.60. The summed E-state index contributed by atoms with van der Waals surface area (Å²) >= 11 is 6.43. The molecule has 0 fully saturated rings. The largest absolute Gasteiger partial charge is 0.463 e. The lowest BCUT2D eigenvalue weighted by atomic mass is 10.0. The quantitative estimate of drug-likeness (QED) is 0.617. The lowest BCUT2D eigenvalue weighted by molar-refractivity contribution is 0.462. The first-order valence-electron chi connectivity index (χ1n) is 8.97. The predicted molar refractivity (Wildman–Crippen MR) is 109 cm³/mol. The molecule has 148 valence electrons. The third kappa shape index (κ3) is 3.66. The zero-order valence-corrected chi connectivity index (χ0v) is 16.9. The van der Waals surface area contributed by atoms with Crippen molar-refractivity contribution < 1.29 is 4.74 Å². The van der Waals surface area contributed by atoms with Gasteiger partial charge < -0.3 is 4.74 Å². The van der Waals surface area contributed by atoms with Crippen LogP contribution in [0, 0.1) is 13.8 Å². The van der Waals surface area contributed by atoms with Crippen LogP contribution in [-0.2, 0) is 7.05 Å². The van der Waals surface area contributed by atoms with Crippen LogP contribution in [0.15, 0.2) is 65.2 Å². The van der Waals surface area contributed by atoms with E-state index in [1.54, 1.807) is 25.4 Å². The summed E-state index contributed by atoms with van der Waals surface area (Å²) < 4.78 is 10.1. The van der Waals surface area contributed by atoms with Gasteiger partial charge in [0.25, 0.3) is 0 Å². The summed E-state index contributed by atoms with van der Waals surface area (Å²) in [5, 5.41) is 12.6. The van der Waals surface area contributed by atoms with Crippen LogP contribution in [0.25, 0.3) is 5.69 Å². The summed E-state index contributed by atoms with van der Waals surface area (Å²) in [6, 6.07) is 7.07. The molecule has 0 spiro atoms. The average Bonchev–Trinajstić information content (AvgIpc) is 3.22. The van der Waals surface area contributed by atoms with Crippen LogP contribution in [0.2, 0.25) is 5.02 Å². The van der Waals surface area contributed by atoms with Crippen molar-refractivity contribution in [1.29, 1.82) is 0 Å². The van der Waals surface area contributed by atoms with Crippen LogP contribution >= 0.6 is 11.6 Å². The number of hydrogen-bond donors (Lipinski definition) is 0. The molecular weight excluding hydrogens is 392 g/mol. The second kappa shape index (κ2) is 7.56. The topological polar surface area (TPSA) is 79.8 Å². The van der Waals surface area contributed by atoms with Gasteiger partial charge in [-0.15, -0.1) is 0 Å². The zero-order valence-electron chi connectivity index (χ0n) is 16.2. The maximum absolute atomic E-state index is 12.2. The first kappa shape index (κ1) is 18.9. The molecule has 1 atom stereocenters. The second-order valence-corrected chi connectivity index (χ2v) is 7.12. The van der Waals surface area contributed by atoms with E-state index in [1.165, 1.54) is 9.36 Å². The molecule has 0 amide bonds. The van der Waals surface area contributed by atoms with E-state index < -0.39 is 6.04 Å². The Hall–Kier alpha value is -3.39. The van der Waals surface area contributed by atoms with Crippen LogP contribution in [0.3, 0.4) is 0 Å². The monoisotopic (exact) mass is 410 g/mol. The van der Waals surface area contributed by atoms with Gasteiger partial charge in [0.05, 0.1) is 22.7 Å². The van der Waals surface area contributed by atoms with Crippen molar-refractivity contribution in [2.75, 3.05) is 0 Å². The summed E-state index contributed by atoms with van der Waals surface area (Å²) in [5.41, 5.74) is 3.24. The Morgan fingerprint density at radius 2 is 2.00 bits per heavy atom. The predicted octanol–water partition coefficient (Wildman–Crippen LogP) is 3.06. The van der Waals surface area contributed by atoms with Gasteiger partial charge >= 0.3 is 5.69 Å². The van der Waals surface area contributed by atoms with Crippen LogP contribution < -0.4 is 10.4 Å². The molecule has 1 unspecified atom stereocenters. The van der Waals surface area contributed by atoms with Gasteiger partial charge in [-0.3, -0.25) is 0 Å². The number of aryl methyl sites for hydroxylation is 3. The molecule has 8 nitrogen and oxygen atoms in total. The zero-order chi connectivity index (χ0) is 20.5. The molecule has 2 aromatic heterocycles. The Morgan fingerprint density at radius 3 is 2.66 bits per heavy atom. The van der Waals surface area contributed by atoms with E-state index in [1.807, 2.05) is 55.0 Å². The third-order valence-electron chi connectivity index (χ3n) is 4.53. The van der Waals surface area contributed by atoms with Gasteiger partial charge in [-0.25, -0.2) is 9.48 Å². The lowest BCUT2D eigenvalue weighted by Gasteiger charge is -2.16. The van der Waals surface area contributed by atoms with Crippen molar-refractivity contribution in [2.24, 2.45) is 7.05 Å². The summed E-state index contributed by atoms with van der Waals surface area (Å²) in [5.74, 6) is 0.498.